The van der Waals surface area contributed by atoms with Crippen LogP contribution in [0.5, 0.6) is 0 Å². The van der Waals surface area contributed by atoms with E-state index in [0.717, 1.165) is 11.1 Å². The number of hydrogen-bond acceptors (Lipinski definition) is 5. The van der Waals surface area contributed by atoms with E-state index in [1.54, 1.807) is 12.1 Å². The van der Waals surface area contributed by atoms with Crippen LogP contribution in [0.25, 0.3) is 11.5 Å². The Kier molecular flexibility index (Phi) is 4.70. The fourth-order valence-corrected chi connectivity index (χ4v) is 2.28. The van der Waals surface area contributed by atoms with Gasteiger partial charge in [0.15, 0.2) is 0 Å². The summed E-state index contributed by atoms with van der Waals surface area (Å²) in [5, 5.41) is 7.49. The number of carbonyl (C=O) groups excluding carboxylic acids is 1. The zero-order valence-electron chi connectivity index (χ0n) is 13.6. The van der Waals surface area contributed by atoms with Crippen LogP contribution in [0.4, 0.5) is 0 Å². The van der Waals surface area contributed by atoms with Gasteiger partial charge >= 0.3 is 5.97 Å². The van der Waals surface area contributed by atoms with Crippen LogP contribution in [0.2, 0.25) is 0 Å². The SMILES string of the molecule is CC(C)c1ccc(C(=O)OCc2ccc(-c3nnco3)cc2)cc1. The summed E-state index contributed by atoms with van der Waals surface area (Å²) < 4.78 is 10.5. The predicted molar refractivity (Wildman–Crippen MR) is 89.4 cm³/mol. The van der Waals surface area contributed by atoms with Crippen LogP contribution < -0.4 is 0 Å². The van der Waals surface area contributed by atoms with Gasteiger partial charge in [0, 0.05) is 5.56 Å². The van der Waals surface area contributed by atoms with E-state index in [2.05, 4.69) is 24.0 Å². The van der Waals surface area contributed by atoms with Gasteiger partial charge in [-0.25, -0.2) is 4.79 Å². The lowest BCUT2D eigenvalue weighted by atomic mass is 10.0. The molecule has 5 heteroatoms. The maximum Gasteiger partial charge on any atom is 0.338 e. The molecule has 0 radical (unpaired) electrons. The Morgan fingerprint density at radius 1 is 1.08 bits per heavy atom. The van der Waals surface area contributed by atoms with Crippen LogP contribution >= 0.6 is 0 Å². The summed E-state index contributed by atoms with van der Waals surface area (Å²) in [6.45, 7) is 4.45. The number of nitrogens with zero attached hydrogens (tertiary/aromatic N) is 2. The third kappa shape index (κ3) is 3.68. The number of esters is 1. The van der Waals surface area contributed by atoms with Gasteiger partial charge in [-0.05, 0) is 41.3 Å². The Balaban J connectivity index is 1.59. The first-order valence-corrected chi connectivity index (χ1v) is 7.76. The highest BCUT2D eigenvalue weighted by Gasteiger charge is 2.09. The molecule has 2 aromatic carbocycles. The Morgan fingerprint density at radius 3 is 2.38 bits per heavy atom. The molecule has 1 aromatic heterocycles. The highest BCUT2D eigenvalue weighted by Crippen LogP contribution is 2.18. The molecular formula is C19H18N2O3. The summed E-state index contributed by atoms with van der Waals surface area (Å²) in [5.41, 5.74) is 3.47. The molecule has 0 aliphatic heterocycles. The van der Waals surface area contributed by atoms with Crippen molar-refractivity contribution >= 4 is 5.97 Å². The second-order valence-electron chi connectivity index (χ2n) is 5.79. The first-order chi connectivity index (χ1) is 11.6. The molecule has 0 amide bonds. The second kappa shape index (κ2) is 7.08. The Morgan fingerprint density at radius 2 is 1.79 bits per heavy atom. The van der Waals surface area contributed by atoms with E-state index in [1.165, 1.54) is 12.0 Å². The number of ether oxygens (including phenoxy) is 1. The molecule has 0 fully saturated rings. The summed E-state index contributed by atoms with van der Waals surface area (Å²) in [7, 11) is 0. The van der Waals surface area contributed by atoms with Gasteiger partial charge in [0.05, 0.1) is 5.56 Å². The normalized spacial score (nSPS) is 10.8. The van der Waals surface area contributed by atoms with Gasteiger partial charge in [-0.1, -0.05) is 38.1 Å². The summed E-state index contributed by atoms with van der Waals surface area (Å²) in [6, 6.07) is 15.0. The summed E-state index contributed by atoms with van der Waals surface area (Å²) in [4.78, 5) is 12.1. The van der Waals surface area contributed by atoms with E-state index < -0.39 is 0 Å². The summed E-state index contributed by atoms with van der Waals surface area (Å²) in [6.07, 6.45) is 1.29. The zero-order chi connectivity index (χ0) is 16.9. The number of aromatic nitrogens is 2. The molecule has 3 aromatic rings. The minimum Gasteiger partial charge on any atom is -0.457 e. The van der Waals surface area contributed by atoms with Gasteiger partial charge in [0.25, 0.3) is 0 Å². The van der Waals surface area contributed by atoms with Crippen molar-refractivity contribution in [2.75, 3.05) is 0 Å². The molecule has 0 atom stereocenters. The molecule has 0 N–H and O–H groups in total. The fourth-order valence-electron chi connectivity index (χ4n) is 2.28. The number of benzene rings is 2. The van der Waals surface area contributed by atoms with E-state index in [1.807, 2.05) is 36.4 Å². The maximum absolute atomic E-state index is 12.1. The standard InChI is InChI=1S/C19H18N2O3/c1-13(2)15-7-9-17(10-8-15)19(22)23-11-14-3-5-16(6-4-14)18-21-20-12-24-18/h3-10,12-13H,11H2,1-2H3. The van der Waals surface area contributed by atoms with E-state index in [4.69, 9.17) is 9.15 Å². The second-order valence-corrected chi connectivity index (χ2v) is 5.79. The van der Waals surface area contributed by atoms with Crippen molar-refractivity contribution in [3.8, 4) is 11.5 Å². The van der Waals surface area contributed by atoms with Crippen molar-refractivity contribution in [1.82, 2.24) is 10.2 Å². The minimum atomic E-state index is -0.328. The quantitative estimate of drug-likeness (QED) is 0.658. The third-order valence-corrected chi connectivity index (χ3v) is 3.74. The van der Waals surface area contributed by atoms with E-state index in [0.29, 0.717) is 17.4 Å². The molecule has 0 bridgehead atoms. The number of carbonyl (C=O) groups is 1. The molecule has 3 rings (SSSR count). The Hall–Kier alpha value is -2.95. The highest BCUT2D eigenvalue weighted by atomic mass is 16.5. The van der Waals surface area contributed by atoms with Crippen LogP contribution in [0.3, 0.4) is 0 Å². The van der Waals surface area contributed by atoms with Crippen molar-refractivity contribution < 1.29 is 13.9 Å². The van der Waals surface area contributed by atoms with Crippen LogP contribution in [0.15, 0.2) is 59.3 Å². The zero-order valence-corrected chi connectivity index (χ0v) is 13.6. The maximum atomic E-state index is 12.1. The van der Waals surface area contributed by atoms with Gasteiger partial charge in [-0.15, -0.1) is 10.2 Å². The van der Waals surface area contributed by atoms with E-state index in [-0.39, 0.29) is 12.6 Å². The first-order valence-electron chi connectivity index (χ1n) is 7.76. The molecule has 0 saturated heterocycles. The van der Waals surface area contributed by atoms with Gasteiger partial charge in [-0.2, -0.15) is 0 Å². The molecular weight excluding hydrogens is 304 g/mol. The lowest BCUT2D eigenvalue weighted by Crippen LogP contribution is -2.05. The van der Waals surface area contributed by atoms with Crippen LogP contribution in [-0.4, -0.2) is 16.2 Å². The minimum absolute atomic E-state index is 0.217. The highest BCUT2D eigenvalue weighted by molar-refractivity contribution is 5.89. The monoisotopic (exact) mass is 322 g/mol. The Labute approximate surface area is 140 Å². The molecule has 0 spiro atoms. The summed E-state index contributed by atoms with van der Waals surface area (Å²) in [5.74, 6) is 0.572. The lowest BCUT2D eigenvalue weighted by molar-refractivity contribution is 0.0472. The summed E-state index contributed by atoms with van der Waals surface area (Å²) >= 11 is 0. The van der Waals surface area contributed by atoms with Crippen molar-refractivity contribution in [3.63, 3.8) is 0 Å². The topological polar surface area (TPSA) is 65.2 Å². The molecule has 0 aliphatic rings. The van der Waals surface area contributed by atoms with Crippen molar-refractivity contribution in [2.45, 2.75) is 26.4 Å². The van der Waals surface area contributed by atoms with Gasteiger partial charge < -0.3 is 9.15 Å². The number of hydrogen-bond donors (Lipinski definition) is 0. The van der Waals surface area contributed by atoms with Gasteiger partial charge in [-0.3, -0.25) is 0 Å². The molecule has 0 saturated carbocycles. The van der Waals surface area contributed by atoms with E-state index >= 15 is 0 Å². The van der Waals surface area contributed by atoms with Crippen LogP contribution in [-0.2, 0) is 11.3 Å². The lowest BCUT2D eigenvalue weighted by Gasteiger charge is -2.08. The molecule has 1 heterocycles. The molecule has 5 nitrogen and oxygen atoms in total. The third-order valence-electron chi connectivity index (χ3n) is 3.74. The first kappa shape index (κ1) is 15.9. The molecule has 0 aliphatic carbocycles. The van der Waals surface area contributed by atoms with Gasteiger partial charge in [0.2, 0.25) is 12.3 Å². The predicted octanol–water partition coefficient (Wildman–Crippen LogP) is 4.22. The Bertz CT molecular complexity index is 792. The van der Waals surface area contributed by atoms with Crippen LogP contribution in [0.1, 0.15) is 41.3 Å². The van der Waals surface area contributed by atoms with Crippen molar-refractivity contribution in [1.29, 1.82) is 0 Å². The largest absolute Gasteiger partial charge is 0.457 e. The average molecular weight is 322 g/mol. The molecule has 122 valence electrons. The van der Waals surface area contributed by atoms with Crippen molar-refractivity contribution in [3.05, 3.63) is 71.6 Å². The van der Waals surface area contributed by atoms with Crippen molar-refractivity contribution in [2.24, 2.45) is 0 Å². The van der Waals surface area contributed by atoms with Gasteiger partial charge in [0.1, 0.15) is 6.61 Å². The fraction of sp³-hybridized carbons (Fsp3) is 0.211. The van der Waals surface area contributed by atoms with Crippen LogP contribution in [0, 0.1) is 0 Å². The molecule has 0 unspecified atom stereocenters. The smallest absolute Gasteiger partial charge is 0.338 e. The molecule has 24 heavy (non-hydrogen) atoms. The average Bonchev–Trinajstić information content (AvgIpc) is 3.15. The van der Waals surface area contributed by atoms with E-state index in [9.17, 15) is 4.79 Å². The number of rotatable bonds is 5.